The smallest absolute Gasteiger partial charge is 0.229 e. The highest BCUT2D eigenvalue weighted by Gasteiger charge is 2.22. The Morgan fingerprint density at radius 3 is 2.21 bits per heavy atom. The number of hydrogen-bond donors (Lipinski definition) is 2. The number of nitrogens with zero attached hydrogens (tertiary/aromatic N) is 5. The van der Waals surface area contributed by atoms with Gasteiger partial charge in [-0.2, -0.15) is 4.98 Å². The lowest BCUT2D eigenvalue weighted by molar-refractivity contribution is -0.130. The van der Waals surface area contributed by atoms with Gasteiger partial charge in [-0.3, -0.25) is 9.59 Å². The van der Waals surface area contributed by atoms with E-state index in [0.29, 0.717) is 38.5 Å². The van der Waals surface area contributed by atoms with Crippen LogP contribution in [0.3, 0.4) is 0 Å². The first-order chi connectivity index (χ1) is 18.5. The van der Waals surface area contributed by atoms with Crippen molar-refractivity contribution < 1.29 is 14.3 Å². The highest BCUT2D eigenvalue weighted by molar-refractivity contribution is 5.88. The first kappa shape index (κ1) is 25.5. The average molecular weight is 516 g/mol. The van der Waals surface area contributed by atoms with Crippen molar-refractivity contribution in [1.82, 2.24) is 14.9 Å². The van der Waals surface area contributed by atoms with E-state index in [-0.39, 0.29) is 11.8 Å². The van der Waals surface area contributed by atoms with Crippen LogP contribution in [-0.4, -0.2) is 79.2 Å². The summed E-state index contributed by atoms with van der Waals surface area (Å²) in [4.78, 5) is 39.5. The molecule has 3 heterocycles. The van der Waals surface area contributed by atoms with E-state index in [0.717, 1.165) is 49.1 Å². The molecule has 2 amide bonds. The summed E-state index contributed by atoms with van der Waals surface area (Å²) < 4.78 is 5.44. The maximum absolute atomic E-state index is 12.8. The van der Waals surface area contributed by atoms with Gasteiger partial charge in [-0.15, -0.1) is 0 Å². The summed E-state index contributed by atoms with van der Waals surface area (Å²) in [6.07, 6.45) is 2.10. The van der Waals surface area contributed by atoms with Gasteiger partial charge in [-0.05, 0) is 48.0 Å². The summed E-state index contributed by atoms with van der Waals surface area (Å²) in [5.41, 5.74) is 3.77. The number of anilines is 5. The minimum Gasteiger partial charge on any atom is -0.378 e. The molecule has 0 aliphatic carbocycles. The molecule has 10 heteroatoms. The molecule has 2 aromatic carbocycles. The lowest BCUT2D eigenvalue weighted by Crippen LogP contribution is -2.49. The van der Waals surface area contributed by atoms with Crippen LogP contribution in [0.1, 0.15) is 12.5 Å². The predicted octanol–water partition coefficient (Wildman–Crippen LogP) is 2.91. The Balaban J connectivity index is 1.12. The van der Waals surface area contributed by atoms with Gasteiger partial charge in [0, 0.05) is 69.5 Å². The van der Waals surface area contributed by atoms with Gasteiger partial charge >= 0.3 is 0 Å². The predicted molar refractivity (Wildman–Crippen MR) is 148 cm³/mol. The number of ether oxygens (including phenoxy) is 1. The van der Waals surface area contributed by atoms with Gasteiger partial charge < -0.3 is 30.1 Å². The highest BCUT2D eigenvalue weighted by Crippen LogP contribution is 2.22. The van der Waals surface area contributed by atoms with Gasteiger partial charge in [0.2, 0.25) is 17.8 Å². The normalized spacial score (nSPS) is 15.8. The molecule has 0 unspecified atom stereocenters. The molecule has 2 saturated heterocycles. The Hall–Kier alpha value is -4.18. The number of carbonyl (C=O) groups is 2. The van der Waals surface area contributed by atoms with Crippen molar-refractivity contribution >= 4 is 40.6 Å². The average Bonchev–Trinajstić information content (AvgIpc) is 2.95. The van der Waals surface area contributed by atoms with Crippen LogP contribution >= 0.6 is 0 Å². The third-order valence-electron chi connectivity index (χ3n) is 6.73. The number of carbonyl (C=O) groups excluding carboxylic acids is 2. The molecule has 0 atom stereocenters. The van der Waals surface area contributed by atoms with E-state index >= 15 is 0 Å². The SMILES string of the molecule is CC(=O)Nc1ccc(CC(=O)N2CCN(c3ccnc(Nc4ccc(N5CCOCC5)cc4)n3)CC2)cc1. The summed E-state index contributed by atoms with van der Waals surface area (Å²) in [6.45, 7) is 7.50. The third kappa shape index (κ3) is 6.57. The Labute approximate surface area is 222 Å². The van der Waals surface area contributed by atoms with Crippen LogP contribution < -0.4 is 20.4 Å². The summed E-state index contributed by atoms with van der Waals surface area (Å²) in [5, 5.41) is 6.04. The number of benzene rings is 2. The van der Waals surface area contributed by atoms with Crippen molar-refractivity contribution in [2.75, 3.05) is 72.9 Å². The van der Waals surface area contributed by atoms with E-state index < -0.39 is 0 Å². The number of hydrogen-bond acceptors (Lipinski definition) is 8. The van der Waals surface area contributed by atoms with Crippen molar-refractivity contribution in [2.45, 2.75) is 13.3 Å². The second-order valence-electron chi connectivity index (χ2n) is 9.43. The maximum Gasteiger partial charge on any atom is 0.229 e. The molecule has 0 spiro atoms. The number of nitrogens with one attached hydrogen (secondary N) is 2. The van der Waals surface area contributed by atoms with E-state index in [1.165, 1.54) is 12.6 Å². The molecule has 2 fully saturated rings. The zero-order chi connectivity index (χ0) is 26.3. The number of amides is 2. The molecule has 2 N–H and O–H groups in total. The fourth-order valence-corrected chi connectivity index (χ4v) is 4.67. The first-order valence-corrected chi connectivity index (χ1v) is 13.0. The third-order valence-corrected chi connectivity index (χ3v) is 6.73. The van der Waals surface area contributed by atoms with Crippen molar-refractivity contribution in [2.24, 2.45) is 0 Å². The molecule has 10 nitrogen and oxygen atoms in total. The zero-order valence-electron chi connectivity index (χ0n) is 21.6. The molecule has 0 bridgehead atoms. The quantitative estimate of drug-likeness (QED) is 0.495. The molecular weight excluding hydrogens is 482 g/mol. The van der Waals surface area contributed by atoms with Crippen LogP contribution in [-0.2, 0) is 20.7 Å². The molecule has 198 valence electrons. The number of aromatic nitrogens is 2. The molecule has 38 heavy (non-hydrogen) atoms. The van der Waals surface area contributed by atoms with Crippen molar-refractivity contribution in [3.8, 4) is 0 Å². The lowest BCUT2D eigenvalue weighted by Gasteiger charge is -2.35. The molecule has 3 aromatic rings. The van der Waals surface area contributed by atoms with Crippen molar-refractivity contribution in [1.29, 1.82) is 0 Å². The highest BCUT2D eigenvalue weighted by atomic mass is 16.5. The molecule has 5 rings (SSSR count). The van der Waals surface area contributed by atoms with Crippen molar-refractivity contribution in [3.63, 3.8) is 0 Å². The Kier molecular flexibility index (Phi) is 7.98. The van der Waals surface area contributed by atoms with E-state index in [4.69, 9.17) is 9.72 Å². The fourth-order valence-electron chi connectivity index (χ4n) is 4.67. The molecule has 0 saturated carbocycles. The molecule has 2 aliphatic rings. The molecular formula is C28H33N7O3. The topological polar surface area (TPSA) is 103 Å². The summed E-state index contributed by atoms with van der Waals surface area (Å²) >= 11 is 0. The Bertz CT molecular complexity index is 1240. The number of morpholine rings is 1. The van der Waals surface area contributed by atoms with Crippen LogP contribution in [0, 0.1) is 0 Å². The summed E-state index contributed by atoms with van der Waals surface area (Å²) in [6, 6.07) is 17.6. The van der Waals surface area contributed by atoms with Gasteiger partial charge in [-0.1, -0.05) is 12.1 Å². The van der Waals surface area contributed by atoms with Gasteiger partial charge in [0.15, 0.2) is 0 Å². The van der Waals surface area contributed by atoms with E-state index in [1.54, 1.807) is 6.20 Å². The Morgan fingerprint density at radius 2 is 1.53 bits per heavy atom. The standard InChI is InChI=1S/C28H33N7O3/c1-21(36)30-23-4-2-22(3-5-23)20-27(37)35-14-12-34(13-15-35)26-10-11-29-28(32-26)31-24-6-8-25(9-7-24)33-16-18-38-19-17-33/h2-11H,12-20H2,1H3,(H,30,36)(H,29,31,32). The van der Waals surface area contributed by atoms with E-state index in [9.17, 15) is 9.59 Å². The van der Waals surface area contributed by atoms with Crippen molar-refractivity contribution in [3.05, 3.63) is 66.4 Å². The number of piperazine rings is 1. The number of rotatable bonds is 7. The van der Waals surface area contributed by atoms with Crippen LogP contribution in [0.4, 0.5) is 28.8 Å². The van der Waals surface area contributed by atoms with Crippen LogP contribution in [0.25, 0.3) is 0 Å². The summed E-state index contributed by atoms with van der Waals surface area (Å²) in [5.74, 6) is 1.37. The van der Waals surface area contributed by atoms with Crippen LogP contribution in [0.15, 0.2) is 60.8 Å². The minimum absolute atomic E-state index is 0.0995. The largest absolute Gasteiger partial charge is 0.378 e. The minimum atomic E-state index is -0.114. The molecule has 0 radical (unpaired) electrons. The van der Waals surface area contributed by atoms with Gasteiger partial charge in [0.25, 0.3) is 0 Å². The van der Waals surface area contributed by atoms with Crippen LogP contribution in [0.2, 0.25) is 0 Å². The second-order valence-corrected chi connectivity index (χ2v) is 9.43. The lowest BCUT2D eigenvalue weighted by atomic mass is 10.1. The van der Waals surface area contributed by atoms with E-state index in [1.807, 2.05) is 47.4 Å². The second kappa shape index (κ2) is 11.9. The van der Waals surface area contributed by atoms with Gasteiger partial charge in [0.05, 0.1) is 19.6 Å². The summed E-state index contributed by atoms with van der Waals surface area (Å²) in [7, 11) is 0. The zero-order valence-corrected chi connectivity index (χ0v) is 21.6. The van der Waals surface area contributed by atoms with Gasteiger partial charge in [-0.25, -0.2) is 4.98 Å². The molecule has 1 aromatic heterocycles. The van der Waals surface area contributed by atoms with Gasteiger partial charge in [0.1, 0.15) is 5.82 Å². The first-order valence-electron chi connectivity index (χ1n) is 13.0. The molecule has 2 aliphatic heterocycles. The monoisotopic (exact) mass is 515 g/mol. The Morgan fingerprint density at radius 1 is 0.842 bits per heavy atom. The van der Waals surface area contributed by atoms with Crippen LogP contribution in [0.5, 0.6) is 0 Å². The maximum atomic E-state index is 12.8. The van der Waals surface area contributed by atoms with E-state index in [2.05, 4.69) is 37.6 Å². The fraction of sp³-hybridized carbons (Fsp3) is 0.357.